The molecule has 37 heavy (non-hydrogen) atoms. The Morgan fingerprint density at radius 1 is 1.19 bits per heavy atom. The Hall–Kier alpha value is -2.70. The van der Waals surface area contributed by atoms with Crippen molar-refractivity contribution in [1.29, 1.82) is 0 Å². The van der Waals surface area contributed by atoms with Gasteiger partial charge in [-0.2, -0.15) is 4.31 Å². The van der Waals surface area contributed by atoms with E-state index in [0.717, 1.165) is 31.5 Å². The summed E-state index contributed by atoms with van der Waals surface area (Å²) in [5.41, 5.74) is 1.87. The molecule has 198 valence electrons. The number of halogens is 1. The lowest BCUT2D eigenvalue weighted by atomic mass is 9.84. The Morgan fingerprint density at radius 3 is 2.84 bits per heavy atom. The number of aliphatic imine (C=N–C) groups is 1. The number of hydrogen-bond acceptors (Lipinski definition) is 8. The van der Waals surface area contributed by atoms with E-state index in [4.69, 9.17) is 4.74 Å². The molecule has 0 unspecified atom stereocenters. The van der Waals surface area contributed by atoms with Crippen molar-refractivity contribution in [3.05, 3.63) is 35.7 Å². The number of sulfonamides is 1. The molecule has 1 saturated heterocycles. The van der Waals surface area contributed by atoms with Crippen LogP contribution in [0.2, 0.25) is 0 Å². The van der Waals surface area contributed by atoms with Crippen molar-refractivity contribution in [3.8, 4) is 0 Å². The molecular formula is C25H31FN6O4S. The van der Waals surface area contributed by atoms with Crippen LogP contribution < -0.4 is 4.90 Å². The Bertz CT molecular complexity index is 1340. The number of hydrogen-bond donors (Lipinski definition) is 0. The second kappa shape index (κ2) is 9.55. The Balaban J connectivity index is 1.17. The fraction of sp³-hybridized carbons (Fsp3) is 0.600. The van der Waals surface area contributed by atoms with Crippen molar-refractivity contribution in [1.82, 2.24) is 19.3 Å². The SMILES string of the molecule is O=C1C2=NCC3(CCCC3)CN2c2ccc(S(=O)(=O)N3CCC[C@H]3COCc3cn(CC[18F])nn3)cc21. The van der Waals surface area contributed by atoms with Gasteiger partial charge in [0.25, 0.3) is 0 Å². The van der Waals surface area contributed by atoms with E-state index in [1.807, 2.05) is 4.90 Å². The van der Waals surface area contributed by atoms with Crippen molar-refractivity contribution in [2.75, 3.05) is 37.8 Å². The summed E-state index contributed by atoms with van der Waals surface area (Å²) < 4.78 is 48.4. The van der Waals surface area contributed by atoms with Crippen LogP contribution in [0.4, 0.5) is 10.1 Å². The number of Topliss-reactive ketones (excluding diaryl/α,β-unsaturated/α-hetero) is 1. The summed E-state index contributed by atoms with van der Waals surface area (Å²) in [7, 11) is -3.82. The van der Waals surface area contributed by atoms with Crippen LogP contribution in [0.15, 0.2) is 34.3 Å². The van der Waals surface area contributed by atoms with Gasteiger partial charge < -0.3 is 9.64 Å². The number of carbonyl (C=O) groups is 1. The molecule has 0 amide bonds. The van der Waals surface area contributed by atoms with Crippen LogP contribution in [0.1, 0.15) is 54.6 Å². The first-order valence-corrected chi connectivity index (χ1v) is 14.4. The average Bonchev–Trinajstić information content (AvgIpc) is 3.69. The largest absolute Gasteiger partial charge is 0.373 e. The van der Waals surface area contributed by atoms with Crippen LogP contribution in [-0.4, -0.2) is 78.3 Å². The molecule has 1 atom stereocenters. The van der Waals surface area contributed by atoms with E-state index < -0.39 is 16.7 Å². The summed E-state index contributed by atoms with van der Waals surface area (Å²) >= 11 is 0. The second-order valence-corrected chi connectivity index (χ2v) is 12.4. The number of alkyl halides is 1. The molecule has 2 fully saturated rings. The number of rotatable bonds is 8. The third-order valence-corrected chi connectivity index (χ3v) is 10.0. The van der Waals surface area contributed by atoms with Gasteiger partial charge >= 0.3 is 0 Å². The lowest BCUT2D eigenvalue weighted by Gasteiger charge is -2.37. The van der Waals surface area contributed by atoms with E-state index >= 15 is 0 Å². The number of carbonyl (C=O) groups excluding carboxylic acids is 1. The summed E-state index contributed by atoms with van der Waals surface area (Å²) in [4.78, 5) is 20.0. The number of nitrogens with zero attached hydrogens (tertiary/aromatic N) is 6. The zero-order chi connectivity index (χ0) is 25.6. The van der Waals surface area contributed by atoms with E-state index in [9.17, 15) is 17.6 Å². The molecule has 1 aromatic heterocycles. The minimum atomic E-state index is -3.82. The van der Waals surface area contributed by atoms with Gasteiger partial charge in [-0.25, -0.2) is 17.5 Å². The van der Waals surface area contributed by atoms with E-state index in [1.165, 1.54) is 27.9 Å². The van der Waals surface area contributed by atoms with Crippen molar-refractivity contribution >= 4 is 27.3 Å². The molecule has 1 saturated carbocycles. The fourth-order valence-electron chi connectivity index (χ4n) is 6.16. The molecule has 1 aliphatic carbocycles. The maximum atomic E-state index is 13.6. The van der Waals surface area contributed by atoms with Crippen molar-refractivity contribution in [2.45, 2.75) is 62.6 Å². The molecule has 12 heteroatoms. The number of benzene rings is 1. The molecule has 1 aromatic carbocycles. The van der Waals surface area contributed by atoms with Gasteiger partial charge in [0.2, 0.25) is 15.8 Å². The van der Waals surface area contributed by atoms with Gasteiger partial charge in [0.05, 0.1) is 42.1 Å². The first kappa shape index (κ1) is 24.6. The highest BCUT2D eigenvalue weighted by Crippen LogP contribution is 2.45. The minimum Gasteiger partial charge on any atom is -0.373 e. The highest BCUT2D eigenvalue weighted by Gasteiger charge is 2.46. The third-order valence-electron chi connectivity index (χ3n) is 8.07. The Morgan fingerprint density at radius 2 is 2.03 bits per heavy atom. The maximum Gasteiger partial charge on any atom is 0.243 e. The number of amidine groups is 1. The molecule has 10 nitrogen and oxygen atoms in total. The predicted octanol–water partition coefficient (Wildman–Crippen LogP) is 2.59. The average molecular weight is 530 g/mol. The molecule has 0 radical (unpaired) electrons. The standard InChI is InChI=1S/C25H31FN6O4S/c26-9-11-30-13-18(28-29-30)14-36-15-19-4-3-10-32(19)37(34,35)20-5-6-22-21(12-20)23(33)24-27-16-25(17-31(22)24)7-1-2-8-25/h5-6,12-13,19H,1-4,7-11,14-17H2/t19-/m0/s1/i26-1. The van der Waals surface area contributed by atoms with Crippen molar-refractivity contribution in [2.24, 2.45) is 10.4 Å². The maximum absolute atomic E-state index is 13.6. The van der Waals surface area contributed by atoms with Gasteiger partial charge in [-0.3, -0.25) is 9.79 Å². The number of fused-ring (bicyclic) bond motifs is 3. The molecule has 0 bridgehead atoms. The summed E-state index contributed by atoms with van der Waals surface area (Å²) in [6.45, 7) is 1.83. The van der Waals surface area contributed by atoms with E-state index in [-0.39, 0.29) is 41.9 Å². The zero-order valence-corrected chi connectivity index (χ0v) is 21.5. The number of ketones is 1. The molecule has 3 aliphatic heterocycles. The normalized spacial score (nSPS) is 23.1. The quantitative estimate of drug-likeness (QED) is 0.517. The summed E-state index contributed by atoms with van der Waals surface area (Å²) in [5.74, 6) is 0.250. The van der Waals surface area contributed by atoms with Crippen LogP contribution in [0, 0.1) is 5.41 Å². The molecule has 6 rings (SSSR count). The van der Waals surface area contributed by atoms with Crippen LogP contribution in [0.5, 0.6) is 0 Å². The molecule has 0 N–H and O–H groups in total. The van der Waals surface area contributed by atoms with Crippen LogP contribution in [0.3, 0.4) is 0 Å². The second-order valence-electron chi connectivity index (χ2n) is 10.5. The van der Waals surface area contributed by atoms with Gasteiger partial charge in [-0.05, 0) is 43.9 Å². The number of aryl methyl sites for hydroxylation is 1. The zero-order valence-electron chi connectivity index (χ0n) is 20.7. The Kier molecular flexibility index (Phi) is 6.36. The van der Waals surface area contributed by atoms with Gasteiger partial charge in [0.1, 0.15) is 12.4 Å². The van der Waals surface area contributed by atoms with Crippen LogP contribution in [-0.2, 0) is 27.9 Å². The minimum absolute atomic E-state index is 0.122. The van der Waals surface area contributed by atoms with Crippen molar-refractivity contribution < 1.29 is 22.3 Å². The highest BCUT2D eigenvalue weighted by atomic mass is 32.2. The van der Waals surface area contributed by atoms with Gasteiger partial charge in [0, 0.05) is 31.1 Å². The summed E-state index contributed by atoms with van der Waals surface area (Å²) in [6.07, 6.45) is 7.65. The highest BCUT2D eigenvalue weighted by molar-refractivity contribution is 7.89. The van der Waals surface area contributed by atoms with Crippen LogP contribution >= 0.6 is 0 Å². The van der Waals surface area contributed by atoms with Gasteiger partial charge in [-0.15, -0.1) is 5.10 Å². The predicted molar refractivity (Wildman–Crippen MR) is 134 cm³/mol. The van der Waals surface area contributed by atoms with E-state index in [2.05, 4.69) is 15.3 Å². The number of ether oxygens (including phenoxy) is 1. The molecule has 4 aliphatic rings. The first-order valence-electron chi connectivity index (χ1n) is 13.0. The summed E-state index contributed by atoms with van der Waals surface area (Å²) in [5, 5.41) is 7.79. The molecule has 4 heterocycles. The van der Waals surface area contributed by atoms with Gasteiger partial charge in [-0.1, -0.05) is 18.1 Å². The number of aromatic nitrogens is 3. The van der Waals surface area contributed by atoms with Gasteiger partial charge in [0.15, 0.2) is 5.84 Å². The number of anilines is 1. The molecule has 2 aromatic rings. The van der Waals surface area contributed by atoms with E-state index in [0.29, 0.717) is 36.6 Å². The monoisotopic (exact) mass is 529 g/mol. The topological polar surface area (TPSA) is 110 Å². The molecule has 1 spiro atoms. The fourth-order valence-corrected chi connectivity index (χ4v) is 7.87. The van der Waals surface area contributed by atoms with E-state index in [1.54, 1.807) is 18.3 Å². The lowest BCUT2D eigenvalue weighted by Crippen LogP contribution is -2.45. The molecular weight excluding hydrogens is 498 g/mol. The lowest BCUT2D eigenvalue weighted by molar-refractivity contribution is 0.0852. The first-order chi connectivity index (χ1) is 17.9. The Labute approximate surface area is 215 Å². The van der Waals surface area contributed by atoms with Crippen LogP contribution in [0.25, 0.3) is 0 Å². The summed E-state index contributed by atoms with van der Waals surface area (Å²) in [6, 6.07) is 4.58. The third kappa shape index (κ3) is 4.38. The van der Waals surface area contributed by atoms with Crippen molar-refractivity contribution in [3.63, 3.8) is 0 Å². The smallest absolute Gasteiger partial charge is 0.243 e.